The normalized spacial score (nSPS) is 11.4. The van der Waals surface area contributed by atoms with Crippen LogP contribution >= 0.6 is 0 Å². The summed E-state index contributed by atoms with van der Waals surface area (Å²) in [6.45, 7) is 6.92. The number of rotatable bonds is 6. The molecule has 0 saturated carbocycles. The highest BCUT2D eigenvalue weighted by Crippen LogP contribution is 2.39. The molecule has 0 fully saturated rings. The molecule has 0 atom stereocenters. The first kappa shape index (κ1) is 21.9. The average Bonchev–Trinajstić information content (AvgIpc) is 2.83. The van der Waals surface area contributed by atoms with Crippen LogP contribution < -0.4 is 4.74 Å². The maximum absolute atomic E-state index is 5.98. The van der Waals surface area contributed by atoms with Gasteiger partial charge in [-0.3, -0.25) is 0 Å². The van der Waals surface area contributed by atoms with E-state index >= 15 is 0 Å². The van der Waals surface area contributed by atoms with Crippen molar-refractivity contribution >= 4 is 0 Å². The topological polar surface area (TPSA) is 18.5 Å². The van der Waals surface area contributed by atoms with Gasteiger partial charge in [0, 0.05) is 12.7 Å². The minimum atomic E-state index is 0.0356. The van der Waals surface area contributed by atoms with Crippen LogP contribution in [0.2, 0.25) is 0 Å². The summed E-state index contributed by atoms with van der Waals surface area (Å²) in [7, 11) is 1.65. The van der Waals surface area contributed by atoms with Crippen LogP contribution in [0.4, 0.5) is 0 Å². The van der Waals surface area contributed by atoms with E-state index in [9.17, 15) is 0 Å². The van der Waals surface area contributed by atoms with E-state index < -0.39 is 0 Å². The zero-order valence-electron chi connectivity index (χ0n) is 19.3. The summed E-state index contributed by atoms with van der Waals surface area (Å²) in [5.41, 5.74) is 8.25. The standard InChI is InChI=1S/C30H30O2/c1-30(2,3)27-15-16-29(32-21-31-4)28(20-27)26-18-24(22-11-7-5-8-12-22)17-25(19-26)23-13-9-6-10-14-23/h5-20H,21H2,1-4H3. The lowest BCUT2D eigenvalue weighted by molar-refractivity contribution is 0.0515. The van der Waals surface area contributed by atoms with E-state index in [-0.39, 0.29) is 12.2 Å². The molecule has 0 aliphatic heterocycles. The minimum Gasteiger partial charge on any atom is -0.467 e. The molecule has 2 heteroatoms. The summed E-state index contributed by atoms with van der Waals surface area (Å²) < 4.78 is 11.2. The number of hydrogen-bond acceptors (Lipinski definition) is 2. The highest BCUT2D eigenvalue weighted by Gasteiger charge is 2.18. The van der Waals surface area contributed by atoms with Crippen molar-refractivity contribution in [3.63, 3.8) is 0 Å². The van der Waals surface area contributed by atoms with Crippen molar-refractivity contribution in [1.82, 2.24) is 0 Å². The SMILES string of the molecule is COCOc1ccc(C(C)(C)C)cc1-c1cc(-c2ccccc2)cc(-c2ccccc2)c1. The van der Waals surface area contributed by atoms with Crippen LogP contribution in [0.1, 0.15) is 26.3 Å². The fourth-order valence-corrected chi connectivity index (χ4v) is 3.85. The summed E-state index contributed by atoms with van der Waals surface area (Å²) in [6.07, 6.45) is 0. The van der Waals surface area contributed by atoms with Gasteiger partial charge in [-0.05, 0) is 69.1 Å². The molecule has 0 spiro atoms. The van der Waals surface area contributed by atoms with E-state index in [1.807, 2.05) is 0 Å². The van der Waals surface area contributed by atoms with Crippen LogP contribution in [0.5, 0.6) is 5.75 Å². The third-order valence-corrected chi connectivity index (χ3v) is 5.64. The summed E-state index contributed by atoms with van der Waals surface area (Å²) in [5, 5.41) is 0. The lowest BCUT2D eigenvalue weighted by atomic mass is 9.84. The molecule has 4 rings (SSSR count). The summed E-state index contributed by atoms with van der Waals surface area (Å²) >= 11 is 0. The molecule has 32 heavy (non-hydrogen) atoms. The van der Waals surface area contributed by atoms with Crippen molar-refractivity contribution in [2.45, 2.75) is 26.2 Å². The third kappa shape index (κ3) is 4.92. The minimum absolute atomic E-state index is 0.0356. The average molecular weight is 423 g/mol. The van der Waals surface area contributed by atoms with E-state index in [2.05, 4.69) is 118 Å². The van der Waals surface area contributed by atoms with Crippen LogP contribution in [-0.2, 0) is 10.2 Å². The van der Waals surface area contributed by atoms with Crippen molar-refractivity contribution in [3.8, 4) is 39.1 Å². The molecule has 2 nitrogen and oxygen atoms in total. The van der Waals surface area contributed by atoms with Gasteiger partial charge in [0.15, 0.2) is 6.79 Å². The monoisotopic (exact) mass is 422 g/mol. The second kappa shape index (κ2) is 9.42. The number of hydrogen-bond donors (Lipinski definition) is 0. The molecule has 162 valence electrons. The third-order valence-electron chi connectivity index (χ3n) is 5.64. The molecule has 0 saturated heterocycles. The Hall–Kier alpha value is -3.36. The predicted octanol–water partition coefficient (Wildman–Crippen LogP) is 7.97. The van der Waals surface area contributed by atoms with Gasteiger partial charge in [-0.1, -0.05) is 87.5 Å². The molecule has 4 aromatic rings. The molecule has 0 bridgehead atoms. The number of benzene rings is 4. The first-order valence-corrected chi connectivity index (χ1v) is 11.0. The Morgan fingerprint density at radius 2 is 1.12 bits per heavy atom. The quantitative estimate of drug-likeness (QED) is 0.293. The smallest absolute Gasteiger partial charge is 0.188 e. The molecule has 0 heterocycles. The van der Waals surface area contributed by atoms with E-state index in [1.54, 1.807) is 7.11 Å². The number of ether oxygens (including phenoxy) is 2. The van der Waals surface area contributed by atoms with Gasteiger partial charge in [0.25, 0.3) is 0 Å². The summed E-state index contributed by atoms with van der Waals surface area (Å²) in [4.78, 5) is 0. The summed E-state index contributed by atoms with van der Waals surface area (Å²) in [6, 6.07) is 34.3. The molecule has 4 aromatic carbocycles. The van der Waals surface area contributed by atoms with Gasteiger partial charge >= 0.3 is 0 Å². The lowest BCUT2D eigenvalue weighted by Gasteiger charge is -2.22. The Morgan fingerprint density at radius 1 is 0.594 bits per heavy atom. The second-order valence-electron chi connectivity index (χ2n) is 9.04. The molecule has 0 aromatic heterocycles. The van der Waals surface area contributed by atoms with Gasteiger partial charge in [-0.2, -0.15) is 0 Å². The van der Waals surface area contributed by atoms with Gasteiger partial charge in [-0.15, -0.1) is 0 Å². The van der Waals surface area contributed by atoms with Crippen molar-refractivity contribution in [1.29, 1.82) is 0 Å². The van der Waals surface area contributed by atoms with Crippen LogP contribution in [0.3, 0.4) is 0 Å². The Labute approximate surface area is 191 Å². The van der Waals surface area contributed by atoms with Crippen LogP contribution in [0.15, 0.2) is 97.1 Å². The molecule has 0 unspecified atom stereocenters. The maximum Gasteiger partial charge on any atom is 0.188 e. The Balaban J connectivity index is 1.94. The second-order valence-corrected chi connectivity index (χ2v) is 9.04. The van der Waals surface area contributed by atoms with Gasteiger partial charge in [-0.25, -0.2) is 0 Å². The van der Waals surface area contributed by atoms with Gasteiger partial charge < -0.3 is 9.47 Å². The van der Waals surface area contributed by atoms with E-state index in [0.29, 0.717) is 0 Å². The molecular formula is C30H30O2. The fraction of sp³-hybridized carbons (Fsp3) is 0.200. The van der Waals surface area contributed by atoms with Gasteiger partial charge in [0.1, 0.15) is 5.75 Å². The highest BCUT2D eigenvalue weighted by atomic mass is 16.7. The molecule has 0 radical (unpaired) electrons. The zero-order valence-corrected chi connectivity index (χ0v) is 19.3. The fourth-order valence-electron chi connectivity index (χ4n) is 3.85. The van der Waals surface area contributed by atoms with Gasteiger partial charge in [0.2, 0.25) is 0 Å². The van der Waals surface area contributed by atoms with Crippen LogP contribution in [0.25, 0.3) is 33.4 Å². The Morgan fingerprint density at radius 3 is 1.62 bits per heavy atom. The molecule has 0 N–H and O–H groups in total. The first-order valence-electron chi connectivity index (χ1n) is 11.0. The van der Waals surface area contributed by atoms with Crippen molar-refractivity contribution < 1.29 is 9.47 Å². The van der Waals surface area contributed by atoms with Crippen molar-refractivity contribution in [3.05, 3.63) is 103 Å². The largest absolute Gasteiger partial charge is 0.467 e. The maximum atomic E-state index is 5.98. The van der Waals surface area contributed by atoms with Crippen LogP contribution in [-0.4, -0.2) is 13.9 Å². The Bertz CT molecular complexity index is 1110. The van der Waals surface area contributed by atoms with Crippen molar-refractivity contribution in [2.75, 3.05) is 13.9 Å². The first-order chi connectivity index (χ1) is 15.5. The lowest BCUT2D eigenvalue weighted by Crippen LogP contribution is -2.11. The molecular weight excluding hydrogens is 392 g/mol. The van der Waals surface area contributed by atoms with E-state index in [4.69, 9.17) is 9.47 Å². The van der Waals surface area contributed by atoms with E-state index in [1.165, 1.54) is 27.8 Å². The summed E-state index contributed by atoms with van der Waals surface area (Å²) in [5.74, 6) is 0.823. The van der Waals surface area contributed by atoms with Crippen LogP contribution in [0, 0.1) is 0 Å². The van der Waals surface area contributed by atoms with Gasteiger partial charge in [0.05, 0.1) is 0 Å². The Kier molecular flexibility index (Phi) is 6.43. The van der Waals surface area contributed by atoms with E-state index in [0.717, 1.165) is 16.9 Å². The molecule has 0 aliphatic rings. The molecule has 0 amide bonds. The van der Waals surface area contributed by atoms with Crippen molar-refractivity contribution in [2.24, 2.45) is 0 Å². The predicted molar refractivity (Wildman–Crippen MR) is 134 cm³/mol. The number of methoxy groups -OCH3 is 1. The zero-order chi connectivity index (χ0) is 22.6. The molecule has 0 aliphatic carbocycles. The highest BCUT2D eigenvalue weighted by molar-refractivity contribution is 5.83.